The number of rotatable bonds is 3. The Morgan fingerprint density at radius 1 is 1.35 bits per heavy atom. The summed E-state index contributed by atoms with van der Waals surface area (Å²) in [7, 11) is 0. The molecule has 0 unspecified atom stereocenters. The first-order valence-corrected chi connectivity index (χ1v) is 7.50. The molecule has 7 nitrogen and oxygen atoms in total. The van der Waals surface area contributed by atoms with Crippen LogP contribution in [0, 0.1) is 0 Å². The first-order chi connectivity index (χ1) is 11.3. The lowest BCUT2D eigenvalue weighted by Crippen LogP contribution is -2.37. The van der Waals surface area contributed by atoms with E-state index in [0.29, 0.717) is 17.8 Å². The monoisotopic (exact) mass is 309 g/mol. The summed E-state index contributed by atoms with van der Waals surface area (Å²) in [5.41, 5.74) is 2.30. The second-order valence-electron chi connectivity index (χ2n) is 5.49. The fourth-order valence-corrected chi connectivity index (χ4v) is 2.71. The highest BCUT2D eigenvalue weighted by Gasteiger charge is 2.20. The molecule has 1 aliphatic heterocycles. The van der Waals surface area contributed by atoms with Gasteiger partial charge >= 0.3 is 0 Å². The van der Waals surface area contributed by atoms with E-state index in [9.17, 15) is 4.79 Å². The van der Waals surface area contributed by atoms with Crippen molar-refractivity contribution < 1.29 is 9.53 Å². The summed E-state index contributed by atoms with van der Waals surface area (Å²) in [6.45, 7) is 0.475. The molecule has 0 fully saturated rings. The van der Waals surface area contributed by atoms with Gasteiger partial charge in [-0.2, -0.15) is 0 Å². The molecule has 1 amide bonds. The minimum Gasteiger partial charge on any atom is -0.488 e. The molecule has 4 rings (SSSR count). The molecule has 116 valence electrons. The molecule has 1 aliphatic rings. The van der Waals surface area contributed by atoms with E-state index in [0.717, 1.165) is 18.6 Å². The maximum Gasteiger partial charge on any atom is 0.251 e. The zero-order valence-corrected chi connectivity index (χ0v) is 12.3. The number of pyridine rings is 1. The number of aromatic nitrogens is 4. The van der Waals surface area contributed by atoms with Crippen molar-refractivity contribution in [2.24, 2.45) is 0 Å². The number of benzene rings is 1. The molecule has 1 N–H and O–H groups in total. The lowest BCUT2D eigenvalue weighted by Gasteiger charge is -2.26. The Morgan fingerprint density at radius 3 is 3.22 bits per heavy atom. The highest BCUT2D eigenvalue weighted by molar-refractivity contribution is 5.94. The Morgan fingerprint density at radius 2 is 2.26 bits per heavy atom. The van der Waals surface area contributed by atoms with Crippen molar-refractivity contribution in [2.45, 2.75) is 18.9 Å². The van der Waals surface area contributed by atoms with Crippen molar-refractivity contribution in [3.05, 3.63) is 53.7 Å². The van der Waals surface area contributed by atoms with E-state index in [1.54, 1.807) is 18.3 Å². The number of hydrogen-bond acceptors (Lipinski definition) is 5. The predicted octanol–water partition coefficient (Wildman–Crippen LogP) is 1.25. The molecule has 23 heavy (non-hydrogen) atoms. The van der Waals surface area contributed by atoms with Crippen molar-refractivity contribution in [1.82, 2.24) is 25.4 Å². The first kappa shape index (κ1) is 13.7. The van der Waals surface area contributed by atoms with Crippen molar-refractivity contribution in [2.75, 3.05) is 6.54 Å². The molecule has 1 aromatic carbocycles. The predicted molar refractivity (Wildman–Crippen MR) is 82.3 cm³/mol. The third-order valence-electron chi connectivity index (χ3n) is 3.95. The van der Waals surface area contributed by atoms with Gasteiger partial charge in [-0.25, -0.2) is 4.52 Å². The quantitative estimate of drug-likeness (QED) is 0.787. The number of carbonyl (C=O) groups excluding carboxylic acids is 1. The van der Waals surface area contributed by atoms with Crippen LogP contribution < -0.4 is 10.1 Å². The first-order valence-electron chi connectivity index (χ1n) is 7.50. The molecular weight excluding hydrogens is 294 g/mol. The molecule has 0 spiro atoms. The molecule has 0 saturated carbocycles. The van der Waals surface area contributed by atoms with Gasteiger partial charge < -0.3 is 10.1 Å². The van der Waals surface area contributed by atoms with E-state index in [1.807, 2.05) is 18.2 Å². The number of nitrogens with zero attached hydrogens (tertiary/aromatic N) is 4. The highest BCUT2D eigenvalue weighted by atomic mass is 16.5. The summed E-state index contributed by atoms with van der Waals surface area (Å²) in [5, 5.41) is 14.1. The summed E-state index contributed by atoms with van der Waals surface area (Å²) in [6.07, 6.45) is 3.52. The summed E-state index contributed by atoms with van der Waals surface area (Å²) in [4.78, 5) is 12.3. The van der Waals surface area contributed by atoms with E-state index < -0.39 is 0 Å². The van der Waals surface area contributed by atoms with Crippen LogP contribution in [0.4, 0.5) is 0 Å². The van der Waals surface area contributed by atoms with Crippen LogP contribution in [0.2, 0.25) is 0 Å². The highest BCUT2D eigenvalue weighted by Crippen LogP contribution is 2.26. The number of aryl methyl sites for hydroxylation is 1. The topological polar surface area (TPSA) is 81.4 Å². The average Bonchev–Trinajstić information content (AvgIpc) is 3.07. The fourth-order valence-electron chi connectivity index (χ4n) is 2.71. The summed E-state index contributed by atoms with van der Waals surface area (Å²) in [5.74, 6) is 0.756. The standard InChI is InChI=1S/C16H15N5O2/c22-16(12-7-8-21-15(9-12)18-19-20-21)17-10-13-6-5-11-3-1-2-4-14(11)23-13/h1-4,7-9,13H,5-6,10H2,(H,17,22)/t13-/m1/s1. The maximum atomic E-state index is 12.3. The molecule has 1 atom stereocenters. The number of fused-ring (bicyclic) bond motifs is 2. The molecule has 0 radical (unpaired) electrons. The van der Waals surface area contributed by atoms with E-state index in [1.165, 1.54) is 10.1 Å². The third kappa shape index (κ3) is 2.73. The maximum absolute atomic E-state index is 12.3. The number of para-hydroxylation sites is 1. The van der Waals surface area contributed by atoms with Crippen LogP contribution in [0.1, 0.15) is 22.3 Å². The van der Waals surface area contributed by atoms with Gasteiger partial charge in [0.15, 0.2) is 5.65 Å². The largest absolute Gasteiger partial charge is 0.488 e. The van der Waals surface area contributed by atoms with Gasteiger partial charge in [0.2, 0.25) is 0 Å². The molecule has 0 bridgehead atoms. The van der Waals surface area contributed by atoms with Crippen LogP contribution in [0.15, 0.2) is 42.6 Å². The van der Waals surface area contributed by atoms with Crippen LogP contribution >= 0.6 is 0 Å². The number of nitrogens with one attached hydrogen (secondary N) is 1. The molecule has 3 heterocycles. The summed E-state index contributed by atoms with van der Waals surface area (Å²) >= 11 is 0. The van der Waals surface area contributed by atoms with Crippen molar-refractivity contribution >= 4 is 11.6 Å². The minimum absolute atomic E-state index is 0.00709. The number of carbonyl (C=O) groups is 1. The van der Waals surface area contributed by atoms with Gasteiger partial charge in [0.1, 0.15) is 11.9 Å². The number of tetrazole rings is 1. The minimum atomic E-state index is -0.155. The zero-order valence-electron chi connectivity index (χ0n) is 12.3. The Labute approximate surface area is 132 Å². The molecule has 0 aliphatic carbocycles. The third-order valence-corrected chi connectivity index (χ3v) is 3.95. The van der Waals surface area contributed by atoms with Crippen LogP contribution in [0.3, 0.4) is 0 Å². The van der Waals surface area contributed by atoms with Gasteiger partial charge in [-0.3, -0.25) is 4.79 Å². The van der Waals surface area contributed by atoms with Crippen LogP contribution in [-0.2, 0) is 6.42 Å². The summed E-state index contributed by atoms with van der Waals surface area (Å²) < 4.78 is 7.44. The normalized spacial score (nSPS) is 16.6. The Balaban J connectivity index is 1.40. The van der Waals surface area contributed by atoms with E-state index >= 15 is 0 Å². The van der Waals surface area contributed by atoms with Gasteiger partial charge in [0, 0.05) is 11.8 Å². The molecule has 2 aromatic heterocycles. The van der Waals surface area contributed by atoms with Gasteiger partial charge in [-0.05, 0) is 47.0 Å². The van der Waals surface area contributed by atoms with Crippen LogP contribution in [0.25, 0.3) is 5.65 Å². The zero-order chi connectivity index (χ0) is 15.6. The Bertz CT molecular complexity index is 860. The van der Waals surface area contributed by atoms with Crippen molar-refractivity contribution in [3.63, 3.8) is 0 Å². The molecular formula is C16H15N5O2. The Kier molecular flexibility index (Phi) is 3.38. The van der Waals surface area contributed by atoms with E-state index in [2.05, 4.69) is 26.9 Å². The fraction of sp³-hybridized carbons (Fsp3) is 0.250. The van der Waals surface area contributed by atoms with Gasteiger partial charge in [-0.1, -0.05) is 18.2 Å². The Hall–Kier alpha value is -2.96. The van der Waals surface area contributed by atoms with Crippen molar-refractivity contribution in [1.29, 1.82) is 0 Å². The van der Waals surface area contributed by atoms with Gasteiger partial charge in [0.25, 0.3) is 5.91 Å². The SMILES string of the molecule is O=C(NC[C@H]1CCc2ccccc2O1)c1ccn2nnnc2c1. The molecule has 7 heteroatoms. The lowest BCUT2D eigenvalue weighted by atomic mass is 10.0. The van der Waals surface area contributed by atoms with Crippen LogP contribution in [0.5, 0.6) is 5.75 Å². The second-order valence-corrected chi connectivity index (χ2v) is 5.49. The van der Waals surface area contributed by atoms with E-state index in [-0.39, 0.29) is 12.0 Å². The summed E-state index contributed by atoms with van der Waals surface area (Å²) in [6, 6.07) is 11.4. The van der Waals surface area contributed by atoms with Gasteiger partial charge in [-0.15, -0.1) is 5.10 Å². The molecule has 3 aromatic rings. The van der Waals surface area contributed by atoms with Crippen LogP contribution in [-0.4, -0.2) is 38.6 Å². The van der Waals surface area contributed by atoms with E-state index in [4.69, 9.17) is 4.74 Å². The number of hydrogen-bond donors (Lipinski definition) is 1. The van der Waals surface area contributed by atoms with Gasteiger partial charge in [0.05, 0.1) is 6.54 Å². The number of amides is 1. The van der Waals surface area contributed by atoms with Crippen molar-refractivity contribution in [3.8, 4) is 5.75 Å². The number of ether oxygens (including phenoxy) is 1. The molecule has 0 saturated heterocycles. The average molecular weight is 309 g/mol. The lowest BCUT2D eigenvalue weighted by molar-refractivity contribution is 0.0918. The smallest absolute Gasteiger partial charge is 0.251 e. The second kappa shape index (κ2) is 5.68.